The summed E-state index contributed by atoms with van der Waals surface area (Å²) in [6.07, 6.45) is -2.93. The van der Waals surface area contributed by atoms with E-state index < -0.39 is 23.4 Å². The highest BCUT2D eigenvalue weighted by molar-refractivity contribution is 6.05. The number of nitrogens with one attached hydrogen (secondary N) is 1. The fraction of sp³-hybridized carbons (Fsp3) is 0.174. The van der Waals surface area contributed by atoms with E-state index in [1.807, 2.05) is 6.07 Å². The quantitative estimate of drug-likeness (QED) is 0.602. The number of benzene rings is 2. The topological polar surface area (TPSA) is 87.4 Å². The molecule has 0 unspecified atom stereocenters. The van der Waals surface area contributed by atoms with Crippen LogP contribution in [-0.2, 0) is 12.8 Å². The van der Waals surface area contributed by atoms with Crippen molar-refractivity contribution < 1.29 is 23.1 Å². The summed E-state index contributed by atoms with van der Waals surface area (Å²) in [4.78, 5) is 27.7. The minimum Gasteiger partial charge on any atom is -0.478 e. The number of rotatable bonds is 6. The van der Waals surface area contributed by atoms with Gasteiger partial charge in [-0.3, -0.25) is 14.9 Å². The summed E-state index contributed by atoms with van der Waals surface area (Å²) < 4.78 is 40.0. The number of carboxylic acid groups (broad SMARTS) is 1. The number of allylic oxidation sites excluding steroid dienone is 1. The van der Waals surface area contributed by atoms with Gasteiger partial charge in [0, 0.05) is 5.56 Å². The van der Waals surface area contributed by atoms with Gasteiger partial charge < -0.3 is 5.11 Å². The first-order valence-electron chi connectivity index (χ1n) is 9.78. The number of H-pyrrole nitrogens is 1. The highest BCUT2D eigenvalue weighted by atomic mass is 19.4. The number of aromatic carboxylic acids is 1. The van der Waals surface area contributed by atoms with E-state index in [4.69, 9.17) is 5.11 Å². The fourth-order valence-electron chi connectivity index (χ4n) is 3.56. The van der Waals surface area contributed by atoms with Gasteiger partial charge in [-0.05, 0) is 42.2 Å². The summed E-state index contributed by atoms with van der Waals surface area (Å²) in [5, 5.41) is 12.0. The lowest BCUT2D eigenvalue weighted by molar-refractivity contribution is -0.0576. The molecule has 0 saturated carbocycles. The number of hydrogen-bond donors (Lipinski definition) is 2. The largest absolute Gasteiger partial charge is 0.478 e. The number of aliphatic imine (C=N–C) groups is 1. The minimum absolute atomic E-state index is 0.122. The number of aryl methyl sites for hydroxylation is 1. The molecule has 32 heavy (non-hydrogen) atoms. The van der Waals surface area contributed by atoms with E-state index in [-0.39, 0.29) is 17.8 Å². The van der Waals surface area contributed by atoms with Crippen molar-refractivity contribution in [1.29, 1.82) is 0 Å². The molecule has 0 saturated heterocycles. The first-order valence-corrected chi connectivity index (χ1v) is 9.78. The molecule has 0 radical (unpaired) electrons. The van der Waals surface area contributed by atoms with Crippen LogP contribution in [0.3, 0.4) is 0 Å². The molecule has 0 aliphatic carbocycles. The molecule has 2 N–H and O–H groups in total. The van der Waals surface area contributed by atoms with Gasteiger partial charge in [0.05, 0.1) is 23.5 Å². The van der Waals surface area contributed by atoms with Crippen LogP contribution in [-0.4, -0.2) is 39.3 Å². The number of carbonyl (C=O) groups is 1. The van der Waals surface area contributed by atoms with Gasteiger partial charge in [-0.2, -0.15) is 13.2 Å². The maximum absolute atomic E-state index is 13.2. The minimum atomic E-state index is -4.58. The maximum Gasteiger partial charge on any atom is 0.432 e. The molecule has 1 aromatic heterocycles. The summed E-state index contributed by atoms with van der Waals surface area (Å²) in [5.41, 5.74) is 1.36. The van der Waals surface area contributed by atoms with Crippen molar-refractivity contribution in [1.82, 2.24) is 9.78 Å². The normalized spacial score (nSPS) is 13.7. The third kappa shape index (κ3) is 4.27. The predicted molar refractivity (Wildman–Crippen MR) is 114 cm³/mol. The van der Waals surface area contributed by atoms with Crippen LogP contribution in [0.4, 0.5) is 13.2 Å². The van der Waals surface area contributed by atoms with Crippen LogP contribution >= 0.6 is 0 Å². The number of carboxylic acids is 1. The second-order valence-corrected chi connectivity index (χ2v) is 7.31. The lowest BCUT2D eigenvalue weighted by Crippen LogP contribution is -2.21. The standard InChI is InChI=1S/C23H18F3N3O3/c24-23(25,26)19-12-17(13-27-19)29-21(30)18(20(28-29)15-4-2-1-3-5-15)11-8-14-6-9-16(10-7-14)22(31)32/h1-7,9-10,12,28H,8,11,13H2,(H,31,32). The molecule has 0 atom stereocenters. The third-order valence-electron chi connectivity index (χ3n) is 5.21. The molecule has 3 aromatic rings. The molecule has 1 aliphatic heterocycles. The maximum atomic E-state index is 13.2. The van der Waals surface area contributed by atoms with Crippen molar-refractivity contribution in [3.8, 4) is 11.3 Å². The Morgan fingerprint density at radius 1 is 1.06 bits per heavy atom. The van der Waals surface area contributed by atoms with E-state index in [1.54, 1.807) is 36.4 Å². The van der Waals surface area contributed by atoms with Crippen LogP contribution in [0.25, 0.3) is 17.0 Å². The monoisotopic (exact) mass is 441 g/mol. The smallest absolute Gasteiger partial charge is 0.432 e. The van der Waals surface area contributed by atoms with Gasteiger partial charge in [-0.15, -0.1) is 0 Å². The van der Waals surface area contributed by atoms with E-state index in [0.29, 0.717) is 24.1 Å². The molecule has 0 amide bonds. The average molecular weight is 441 g/mol. The Morgan fingerprint density at radius 3 is 2.34 bits per heavy atom. The van der Waals surface area contributed by atoms with Gasteiger partial charge in [-0.25, -0.2) is 9.48 Å². The lowest BCUT2D eigenvalue weighted by Gasteiger charge is -2.04. The molecule has 9 heteroatoms. The van der Waals surface area contributed by atoms with Gasteiger partial charge in [0.15, 0.2) is 0 Å². The Balaban J connectivity index is 1.68. The van der Waals surface area contributed by atoms with Crippen molar-refractivity contribution in [2.24, 2.45) is 4.99 Å². The zero-order valence-electron chi connectivity index (χ0n) is 16.7. The van der Waals surface area contributed by atoms with Crippen LogP contribution in [0.5, 0.6) is 0 Å². The fourth-order valence-corrected chi connectivity index (χ4v) is 3.56. The SMILES string of the molecule is O=C(O)c1ccc(CCc2c(-c3ccccc3)[nH]n(C3=CC(C(F)(F)F)=NC3)c2=O)cc1. The Bertz CT molecular complexity index is 1270. The molecule has 0 spiro atoms. The molecule has 2 heterocycles. The van der Waals surface area contributed by atoms with Crippen LogP contribution in [0.2, 0.25) is 0 Å². The first-order chi connectivity index (χ1) is 15.2. The van der Waals surface area contributed by atoms with Gasteiger partial charge >= 0.3 is 12.1 Å². The van der Waals surface area contributed by atoms with Crippen molar-refractivity contribution in [3.05, 3.63) is 87.7 Å². The Morgan fingerprint density at radius 2 is 1.75 bits per heavy atom. The number of aromatic nitrogens is 2. The Hall–Kier alpha value is -3.88. The van der Waals surface area contributed by atoms with Gasteiger partial charge in [0.2, 0.25) is 0 Å². The van der Waals surface area contributed by atoms with Crippen molar-refractivity contribution in [3.63, 3.8) is 0 Å². The van der Waals surface area contributed by atoms with Gasteiger partial charge in [-0.1, -0.05) is 42.5 Å². The summed E-state index contributed by atoms with van der Waals surface area (Å²) in [5.74, 6) is -1.03. The number of hydrogen-bond acceptors (Lipinski definition) is 3. The molecular weight excluding hydrogens is 423 g/mol. The van der Waals surface area contributed by atoms with E-state index >= 15 is 0 Å². The summed E-state index contributed by atoms with van der Waals surface area (Å²) in [7, 11) is 0. The summed E-state index contributed by atoms with van der Waals surface area (Å²) in [6.45, 7) is -0.250. The molecule has 1 aliphatic rings. The molecule has 6 nitrogen and oxygen atoms in total. The predicted octanol–water partition coefficient (Wildman–Crippen LogP) is 4.18. The second-order valence-electron chi connectivity index (χ2n) is 7.31. The van der Waals surface area contributed by atoms with Gasteiger partial charge in [0.25, 0.3) is 5.56 Å². The number of nitrogens with zero attached hydrogens (tertiary/aromatic N) is 2. The molecule has 2 aromatic carbocycles. The second kappa shape index (κ2) is 8.33. The van der Waals surface area contributed by atoms with E-state index in [2.05, 4.69) is 10.1 Å². The van der Waals surface area contributed by atoms with Crippen LogP contribution in [0.1, 0.15) is 21.5 Å². The summed E-state index contributed by atoms with van der Waals surface area (Å²) >= 11 is 0. The number of alkyl halides is 3. The van der Waals surface area contributed by atoms with Crippen LogP contribution in [0.15, 0.2) is 70.5 Å². The summed E-state index contributed by atoms with van der Waals surface area (Å²) in [6, 6.07) is 15.4. The highest BCUT2D eigenvalue weighted by Crippen LogP contribution is 2.26. The van der Waals surface area contributed by atoms with Crippen molar-refractivity contribution in [2.45, 2.75) is 19.0 Å². The molecule has 164 valence electrons. The highest BCUT2D eigenvalue weighted by Gasteiger charge is 2.36. The van der Waals surface area contributed by atoms with E-state index in [1.165, 1.54) is 12.1 Å². The zero-order valence-corrected chi connectivity index (χ0v) is 16.7. The Kier molecular flexibility index (Phi) is 5.56. The Labute approximate surface area is 180 Å². The number of aromatic amines is 1. The third-order valence-corrected chi connectivity index (χ3v) is 5.21. The first kappa shape index (κ1) is 21.4. The molecule has 0 fully saturated rings. The van der Waals surface area contributed by atoms with E-state index in [9.17, 15) is 22.8 Å². The molecule has 0 bridgehead atoms. The molecular formula is C23H18F3N3O3. The van der Waals surface area contributed by atoms with Crippen molar-refractivity contribution >= 4 is 17.4 Å². The van der Waals surface area contributed by atoms with Crippen molar-refractivity contribution in [2.75, 3.05) is 6.54 Å². The lowest BCUT2D eigenvalue weighted by atomic mass is 10.0. The average Bonchev–Trinajstić information content (AvgIpc) is 3.38. The number of halogens is 3. The van der Waals surface area contributed by atoms with Gasteiger partial charge in [0.1, 0.15) is 5.71 Å². The van der Waals surface area contributed by atoms with Crippen LogP contribution in [0, 0.1) is 0 Å². The zero-order chi connectivity index (χ0) is 22.9. The van der Waals surface area contributed by atoms with Crippen LogP contribution < -0.4 is 5.56 Å². The van der Waals surface area contributed by atoms with E-state index in [0.717, 1.165) is 21.9 Å². The molecule has 4 rings (SSSR count).